The van der Waals surface area contributed by atoms with Crippen molar-refractivity contribution < 1.29 is 19.1 Å². The third kappa shape index (κ3) is 11.3. The van der Waals surface area contributed by atoms with Crippen molar-refractivity contribution in [1.29, 1.82) is 0 Å². The molecular formula is C24H34N4O4. The quantitative estimate of drug-likeness (QED) is 0.188. The monoisotopic (exact) mass is 442 g/mol. The van der Waals surface area contributed by atoms with E-state index >= 15 is 0 Å². The number of ether oxygens (including phenoxy) is 2. The number of carbonyl (C=O) groups excluding carboxylic acids is 2. The standard InChI is InChI=1S/C24H34N4O4/c25-21-7-3-19(4-8-21)17-27-13-11-23(29)31-15-1-2-16-32-24(30)12-14-28-18-20-5-9-22(26)10-6-20/h3-10,27-28H,1-2,11-18,25-26H2. The van der Waals surface area contributed by atoms with E-state index in [1.807, 2.05) is 48.5 Å². The number of unbranched alkanes of at least 4 members (excludes halogenated alkanes) is 1. The van der Waals surface area contributed by atoms with Gasteiger partial charge >= 0.3 is 11.9 Å². The molecule has 0 aromatic heterocycles. The van der Waals surface area contributed by atoms with Crippen molar-refractivity contribution in [3.05, 3.63) is 59.7 Å². The van der Waals surface area contributed by atoms with Gasteiger partial charge in [-0.25, -0.2) is 0 Å². The first-order valence-electron chi connectivity index (χ1n) is 10.9. The highest BCUT2D eigenvalue weighted by molar-refractivity contribution is 5.69. The maximum atomic E-state index is 11.7. The van der Waals surface area contributed by atoms with E-state index in [2.05, 4.69) is 10.6 Å². The van der Waals surface area contributed by atoms with Crippen LogP contribution in [-0.2, 0) is 32.2 Å². The summed E-state index contributed by atoms with van der Waals surface area (Å²) >= 11 is 0. The summed E-state index contributed by atoms with van der Waals surface area (Å²) in [4.78, 5) is 23.5. The Bertz CT molecular complexity index is 740. The predicted molar refractivity (Wildman–Crippen MR) is 126 cm³/mol. The number of benzene rings is 2. The molecule has 0 radical (unpaired) electrons. The number of nitrogens with two attached hydrogens (primary N) is 2. The number of anilines is 2. The molecule has 174 valence electrons. The van der Waals surface area contributed by atoms with Crippen LogP contribution in [0.2, 0.25) is 0 Å². The minimum atomic E-state index is -0.237. The summed E-state index contributed by atoms with van der Waals surface area (Å²) in [5.74, 6) is -0.474. The van der Waals surface area contributed by atoms with Crippen molar-refractivity contribution in [2.75, 3.05) is 37.8 Å². The molecule has 0 unspecified atom stereocenters. The van der Waals surface area contributed by atoms with Crippen molar-refractivity contribution in [2.24, 2.45) is 0 Å². The molecule has 32 heavy (non-hydrogen) atoms. The number of rotatable bonds is 15. The molecule has 0 bridgehead atoms. The highest BCUT2D eigenvalue weighted by Gasteiger charge is 2.04. The smallest absolute Gasteiger partial charge is 0.307 e. The van der Waals surface area contributed by atoms with Gasteiger partial charge in [0.1, 0.15) is 0 Å². The molecule has 0 amide bonds. The Balaban J connectivity index is 1.38. The van der Waals surface area contributed by atoms with Crippen LogP contribution in [0.25, 0.3) is 0 Å². The van der Waals surface area contributed by atoms with E-state index in [1.165, 1.54) is 0 Å². The fourth-order valence-corrected chi connectivity index (χ4v) is 2.84. The Morgan fingerprint density at radius 1 is 0.656 bits per heavy atom. The van der Waals surface area contributed by atoms with Gasteiger partial charge in [0.25, 0.3) is 0 Å². The van der Waals surface area contributed by atoms with Gasteiger partial charge < -0.3 is 31.6 Å². The van der Waals surface area contributed by atoms with E-state index in [0.29, 0.717) is 65.1 Å². The Hall–Kier alpha value is -3.10. The van der Waals surface area contributed by atoms with Gasteiger partial charge in [-0.15, -0.1) is 0 Å². The lowest BCUT2D eigenvalue weighted by Crippen LogP contribution is -2.20. The third-order valence-electron chi connectivity index (χ3n) is 4.69. The molecule has 2 aromatic rings. The van der Waals surface area contributed by atoms with Crippen molar-refractivity contribution in [1.82, 2.24) is 10.6 Å². The molecule has 0 fully saturated rings. The van der Waals surface area contributed by atoms with Gasteiger partial charge in [-0.2, -0.15) is 0 Å². The molecule has 0 spiro atoms. The molecule has 6 N–H and O–H groups in total. The molecule has 8 heteroatoms. The zero-order valence-electron chi connectivity index (χ0n) is 18.5. The van der Waals surface area contributed by atoms with Crippen molar-refractivity contribution in [3.8, 4) is 0 Å². The number of hydrogen-bond donors (Lipinski definition) is 4. The predicted octanol–water partition coefficient (Wildman–Crippen LogP) is 2.38. The normalized spacial score (nSPS) is 10.6. The number of nitrogen functional groups attached to an aromatic ring is 2. The van der Waals surface area contributed by atoms with Gasteiger partial charge in [0.05, 0.1) is 26.1 Å². The van der Waals surface area contributed by atoms with Crippen LogP contribution in [0.5, 0.6) is 0 Å². The molecule has 0 aliphatic heterocycles. The second-order valence-corrected chi connectivity index (χ2v) is 7.48. The van der Waals surface area contributed by atoms with Gasteiger partial charge in [0, 0.05) is 37.6 Å². The minimum absolute atomic E-state index is 0.237. The SMILES string of the molecule is Nc1ccc(CNCCC(=O)OCCCCOC(=O)CCNCc2ccc(N)cc2)cc1. The summed E-state index contributed by atoms with van der Waals surface area (Å²) in [5, 5.41) is 6.40. The molecule has 0 atom stereocenters. The first kappa shape index (κ1) is 25.2. The lowest BCUT2D eigenvalue weighted by molar-refractivity contribution is -0.146. The third-order valence-corrected chi connectivity index (χ3v) is 4.69. The first-order chi connectivity index (χ1) is 15.5. The molecule has 2 rings (SSSR count). The summed E-state index contributed by atoms with van der Waals surface area (Å²) in [6, 6.07) is 15.2. The number of hydrogen-bond acceptors (Lipinski definition) is 8. The molecule has 0 aliphatic rings. The highest BCUT2D eigenvalue weighted by atomic mass is 16.5. The fourth-order valence-electron chi connectivity index (χ4n) is 2.84. The lowest BCUT2D eigenvalue weighted by Gasteiger charge is -2.08. The van der Waals surface area contributed by atoms with Gasteiger partial charge in [-0.1, -0.05) is 24.3 Å². The lowest BCUT2D eigenvalue weighted by atomic mass is 10.2. The van der Waals surface area contributed by atoms with Crippen molar-refractivity contribution >= 4 is 23.3 Å². The van der Waals surface area contributed by atoms with Crippen LogP contribution in [0.4, 0.5) is 11.4 Å². The van der Waals surface area contributed by atoms with Gasteiger partial charge in [-0.3, -0.25) is 9.59 Å². The topological polar surface area (TPSA) is 129 Å². The molecule has 0 saturated heterocycles. The Labute approximate surface area is 189 Å². The van der Waals surface area contributed by atoms with E-state index < -0.39 is 0 Å². The zero-order valence-corrected chi connectivity index (χ0v) is 18.5. The number of esters is 2. The van der Waals surface area contributed by atoms with Crippen LogP contribution in [0.1, 0.15) is 36.8 Å². The summed E-state index contributed by atoms with van der Waals surface area (Å²) in [6.45, 7) is 3.11. The molecular weight excluding hydrogens is 408 g/mol. The average Bonchev–Trinajstić information content (AvgIpc) is 2.79. The number of carbonyl (C=O) groups is 2. The largest absolute Gasteiger partial charge is 0.466 e. The van der Waals surface area contributed by atoms with Gasteiger partial charge in [0.2, 0.25) is 0 Å². The van der Waals surface area contributed by atoms with E-state index in [4.69, 9.17) is 20.9 Å². The van der Waals surface area contributed by atoms with E-state index in [0.717, 1.165) is 22.5 Å². The second kappa shape index (κ2) is 14.8. The summed E-state index contributed by atoms with van der Waals surface area (Å²) < 4.78 is 10.4. The van der Waals surface area contributed by atoms with Crippen molar-refractivity contribution in [2.45, 2.75) is 38.8 Å². The average molecular weight is 443 g/mol. The molecule has 8 nitrogen and oxygen atoms in total. The first-order valence-corrected chi connectivity index (χ1v) is 10.9. The van der Waals surface area contributed by atoms with Crippen LogP contribution in [0, 0.1) is 0 Å². The van der Waals surface area contributed by atoms with Crippen LogP contribution in [-0.4, -0.2) is 38.2 Å². The summed E-state index contributed by atoms with van der Waals surface area (Å²) in [7, 11) is 0. The molecule has 0 aliphatic carbocycles. The Morgan fingerprint density at radius 3 is 1.41 bits per heavy atom. The zero-order chi connectivity index (χ0) is 23.0. The van der Waals surface area contributed by atoms with E-state index in [1.54, 1.807) is 0 Å². The van der Waals surface area contributed by atoms with Crippen LogP contribution >= 0.6 is 0 Å². The summed E-state index contributed by atoms with van der Waals surface area (Å²) in [6.07, 6.45) is 1.95. The van der Waals surface area contributed by atoms with Gasteiger partial charge in [0.15, 0.2) is 0 Å². The second-order valence-electron chi connectivity index (χ2n) is 7.48. The van der Waals surface area contributed by atoms with E-state index in [9.17, 15) is 9.59 Å². The maximum Gasteiger partial charge on any atom is 0.307 e. The Kier molecular flexibility index (Phi) is 11.7. The maximum absolute atomic E-state index is 11.7. The van der Waals surface area contributed by atoms with Crippen LogP contribution < -0.4 is 22.1 Å². The van der Waals surface area contributed by atoms with Crippen LogP contribution in [0.3, 0.4) is 0 Å². The molecule has 0 saturated carbocycles. The van der Waals surface area contributed by atoms with Gasteiger partial charge in [-0.05, 0) is 48.2 Å². The Morgan fingerprint density at radius 2 is 1.03 bits per heavy atom. The highest BCUT2D eigenvalue weighted by Crippen LogP contribution is 2.05. The summed E-state index contributed by atoms with van der Waals surface area (Å²) in [5.41, 5.74) is 15.0. The molecule has 2 aromatic carbocycles. The molecule has 0 heterocycles. The fraction of sp³-hybridized carbons (Fsp3) is 0.417. The van der Waals surface area contributed by atoms with E-state index in [-0.39, 0.29) is 11.9 Å². The van der Waals surface area contributed by atoms with Crippen LogP contribution in [0.15, 0.2) is 48.5 Å². The number of nitrogens with one attached hydrogen (secondary N) is 2. The minimum Gasteiger partial charge on any atom is -0.466 e. The van der Waals surface area contributed by atoms with Crippen molar-refractivity contribution in [3.63, 3.8) is 0 Å².